The maximum atomic E-state index is 12.0. The van der Waals surface area contributed by atoms with Crippen LogP contribution in [0.25, 0.3) is 0 Å². The summed E-state index contributed by atoms with van der Waals surface area (Å²) in [6.07, 6.45) is 6.07. The third-order valence-electron chi connectivity index (χ3n) is 5.50. The Morgan fingerprint density at radius 1 is 1.10 bits per heavy atom. The third kappa shape index (κ3) is 2.62. The zero-order valence-electron chi connectivity index (χ0n) is 13.1. The second kappa shape index (κ2) is 4.37. The molecule has 21 heavy (non-hydrogen) atoms. The molecule has 0 aromatic heterocycles. The maximum absolute atomic E-state index is 12.0. The molecule has 3 aliphatic carbocycles. The monoisotopic (exact) mass is 295 g/mol. The fraction of sp³-hybridized carbons (Fsp3) is 0.875. The highest BCUT2D eigenvalue weighted by Gasteiger charge is 2.69. The van der Waals surface area contributed by atoms with Gasteiger partial charge in [0.1, 0.15) is 11.6 Å². The SMILES string of the molecule is CC(C)(C)OC(=O)NC(C(=O)O)C1C2(CC2)CCC12CC2. The van der Waals surface area contributed by atoms with E-state index in [0.29, 0.717) is 0 Å². The molecule has 118 valence electrons. The Bertz CT molecular complexity index is 451. The Hall–Kier alpha value is -1.26. The molecule has 1 unspecified atom stereocenters. The van der Waals surface area contributed by atoms with Crippen LogP contribution in [0.5, 0.6) is 0 Å². The quantitative estimate of drug-likeness (QED) is 0.839. The third-order valence-corrected chi connectivity index (χ3v) is 5.50. The molecule has 3 fully saturated rings. The van der Waals surface area contributed by atoms with Crippen molar-refractivity contribution in [3.8, 4) is 0 Å². The van der Waals surface area contributed by atoms with Crippen LogP contribution in [0.1, 0.15) is 59.3 Å². The summed E-state index contributed by atoms with van der Waals surface area (Å²) in [5.41, 5.74) is -0.263. The number of carbonyl (C=O) groups excluding carboxylic acids is 1. The summed E-state index contributed by atoms with van der Waals surface area (Å²) < 4.78 is 5.24. The van der Waals surface area contributed by atoms with Gasteiger partial charge in [0.25, 0.3) is 0 Å². The molecule has 0 saturated heterocycles. The van der Waals surface area contributed by atoms with Crippen molar-refractivity contribution in [3.63, 3.8) is 0 Å². The normalized spacial score (nSPS) is 26.6. The second-order valence-corrected chi connectivity index (χ2v) is 8.16. The smallest absolute Gasteiger partial charge is 0.408 e. The topological polar surface area (TPSA) is 75.6 Å². The van der Waals surface area contributed by atoms with Gasteiger partial charge in [-0.25, -0.2) is 9.59 Å². The van der Waals surface area contributed by atoms with Crippen LogP contribution in [0.3, 0.4) is 0 Å². The van der Waals surface area contributed by atoms with Gasteiger partial charge >= 0.3 is 12.1 Å². The molecule has 0 radical (unpaired) electrons. The molecule has 5 nitrogen and oxygen atoms in total. The van der Waals surface area contributed by atoms with Crippen LogP contribution in [0, 0.1) is 16.7 Å². The summed E-state index contributed by atoms with van der Waals surface area (Å²) >= 11 is 0. The lowest BCUT2D eigenvalue weighted by Gasteiger charge is -2.32. The minimum Gasteiger partial charge on any atom is -0.480 e. The van der Waals surface area contributed by atoms with Crippen LogP contribution in [-0.2, 0) is 9.53 Å². The number of carboxylic acids is 1. The molecule has 0 aromatic rings. The summed E-state index contributed by atoms with van der Waals surface area (Å²) in [4.78, 5) is 23.7. The van der Waals surface area contributed by atoms with Crippen LogP contribution in [0.15, 0.2) is 0 Å². The number of hydrogen-bond acceptors (Lipinski definition) is 3. The standard InChI is InChI=1S/C16H25NO4/c1-14(2,3)21-13(20)17-10(12(18)19)11-15(4-5-15)8-9-16(11)6-7-16/h10-11H,4-9H2,1-3H3,(H,17,20)(H,18,19). The van der Waals surface area contributed by atoms with Gasteiger partial charge in [0.05, 0.1) is 0 Å². The van der Waals surface area contributed by atoms with Crippen LogP contribution in [0.2, 0.25) is 0 Å². The predicted octanol–water partition coefficient (Wildman–Crippen LogP) is 2.93. The molecule has 1 atom stereocenters. The zero-order chi connectivity index (χ0) is 15.5. The van der Waals surface area contributed by atoms with E-state index in [0.717, 1.165) is 38.5 Å². The van der Waals surface area contributed by atoms with E-state index < -0.39 is 23.7 Å². The van der Waals surface area contributed by atoms with Crippen LogP contribution >= 0.6 is 0 Å². The highest BCUT2D eigenvalue weighted by molar-refractivity contribution is 5.81. The zero-order valence-corrected chi connectivity index (χ0v) is 13.1. The second-order valence-electron chi connectivity index (χ2n) is 8.16. The Balaban J connectivity index is 1.76. The highest BCUT2D eigenvalue weighted by Crippen LogP contribution is 2.75. The summed E-state index contributed by atoms with van der Waals surface area (Å²) in [7, 11) is 0. The van der Waals surface area contributed by atoms with Crippen LogP contribution in [-0.4, -0.2) is 28.8 Å². The number of carboxylic acid groups (broad SMARTS) is 1. The summed E-state index contributed by atoms with van der Waals surface area (Å²) in [6, 6.07) is -0.813. The first-order valence-electron chi connectivity index (χ1n) is 7.90. The first-order valence-corrected chi connectivity index (χ1v) is 7.90. The molecule has 1 amide bonds. The minimum absolute atomic E-state index is 0.0787. The van der Waals surface area contributed by atoms with E-state index >= 15 is 0 Å². The number of rotatable bonds is 3. The average Bonchev–Trinajstić information content (AvgIpc) is 3.16. The molecule has 2 spiro atoms. The fourth-order valence-electron chi connectivity index (χ4n) is 4.33. The number of aliphatic carboxylic acids is 1. The number of ether oxygens (including phenoxy) is 1. The van der Waals surface area contributed by atoms with Gasteiger partial charge in [-0.05, 0) is 70.1 Å². The first-order chi connectivity index (χ1) is 9.68. The van der Waals surface area contributed by atoms with Gasteiger partial charge in [-0.2, -0.15) is 0 Å². The van der Waals surface area contributed by atoms with Crippen molar-refractivity contribution in [2.45, 2.75) is 70.9 Å². The van der Waals surface area contributed by atoms with Crippen molar-refractivity contribution in [1.29, 1.82) is 0 Å². The van der Waals surface area contributed by atoms with Crippen molar-refractivity contribution in [1.82, 2.24) is 5.32 Å². The minimum atomic E-state index is -0.926. The van der Waals surface area contributed by atoms with Gasteiger partial charge in [0, 0.05) is 5.92 Å². The van der Waals surface area contributed by atoms with Gasteiger partial charge in [-0.3, -0.25) is 0 Å². The lowest BCUT2D eigenvalue weighted by Crippen LogP contribution is -2.51. The molecule has 3 saturated carbocycles. The molecule has 3 rings (SSSR count). The van der Waals surface area contributed by atoms with Gasteiger partial charge in [0.15, 0.2) is 0 Å². The number of nitrogens with one attached hydrogen (secondary N) is 1. The van der Waals surface area contributed by atoms with Crippen LogP contribution < -0.4 is 5.32 Å². The average molecular weight is 295 g/mol. The molecule has 0 heterocycles. The number of amides is 1. The predicted molar refractivity (Wildman–Crippen MR) is 76.9 cm³/mol. The molecule has 5 heteroatoms. The van der Waals surface area contributed by atoms with Gasteiger partial charge in [-0.1, -0.05) is 0 Å². The van der Waals surface area contributed by atoms with E-state index in [4.69, 9.17) is 4.74 Å². The Labute approximate surface area is 125 Å². The van der Waals surface area contributed by atoms with Crippen molar-refractivity contribution in [2.75, 3.05) is 0 Å². The highest BCUT2D eigenvalue weighted by atomic mass is 16.6. The van der Waals surface area contributed by atoms with E-state index in [1.165, 1.54) is 0 Å². The number of carbonyl (C=O) groups is 2. The lowest BCUT2D eigenvalue weighted by molar-refractivity contribution is -0.142. The summed E-state index contributed by atoms with van der Waals surface area (Å²) in [5, 5.41) is 12.3. The fourth-order valence-corrected chi connectivity index (χ4v) is 4.33. The molecule has 0 bridgehead atoms. The van der Waals surface area contributed by atoms with Crippen molar-refractivity contribution < 1.29 is 19.4 Å². The van der Waals surface area contributed by atoms with E-state index in [2.05, 4.69) is 5.32 Å². The van der Waals surface area contributed by atoms with Gasteiger partial charge in [0.2, 0.25) is 0 Å². The van der Waals surface area contributed by atoms with E-state index in [1.54, 1.807) is 20.8 Å². The van der Waals surface area contributed by atoms with Crippen LogP contribution in [0.4, 0.5) is 4.79 Å². The lowest BCUT2D eigenvalue weighted by atomic mass is 9.78. The molecule has 0 aliphatic heterocycles. The van der Waals surface area contributed by atoms with Gasteiger partial charge < -0.3 is 15.2 Å². The number of hydrogen-bond donors (Lipinski definition) is 2. The molecule has 2 N–H and O–H groups in total. The Kier molecular flexibility index (Phi) is 3.05. The number of alkyl carbamates (subject to hydrolysis) is 1. The summed E-state index contributed by atoms with van der Waals surface area (Å²) in [6.45, 7) is 5.34. The van der Waals surface area contributed by atoms with Crippen molar-refractivity contribution in [2.24, 2.45) is 16.7 Å². The van der Waals surface area contributed by atoms with Crippen molar-refractivity contribution >= 4 is 12.1 Å². The van der Waals surface area contributed by atoms with Crippen molar-refractivity contribution in [3.05, 3.63) is 0 Å². The molecular weight excluding hydrogens is 270 g/mol. The Morgan fingerprint density at radius 3 is 1.86 bits per heavy atom. The molecular formula is C16H25NO4. The van der Waals surface area contributed by atoms with E-state index in [1.807, 2.05) is 0 Å². The first kappa shape index (κ1) is 14.7. The summed E-state index contributed by atoms with van der Waals surface area (Å²) in [5.74, 6) is -0.847. The van der Waals surface area contributed by atoms with E-state index in [-0.39, 0.29) is 16.7 Å². The van der Waals surface area contributed by atoms with E-state index in [9.17, 15) is 14.7 Å². The largest absolute Gasteiger partial charge is 0.480 e. The van der Waals surface area contributed by atoms with Gasteiger partial charge in [-0.15, -0.1) is 0 Å². The Morgan fingerprint density at radius 2 is 1.52 bits per heavy atom. The molecule has 3 aliphatic rings. The molecule has 0 aromatic carbocycles. The maximum Gasteiger partial charge on any atom is 0.408 e.